The van der Waals surface area contributed by atoms with E-state index in [2.05, 4.69) is 20.8 Å². The average Bonchev–Trinajstić information content (AvgIpc) is 2.36. The van der Waals surface area contributed by atoms with E-state index < -0.39 is 0 Å². The molecule has 1 aromatic rings. The fraction of sp³-hybridized carbons (Fsp3) is 0.533. The van der Waals surface area contributed by atoms with Crippen LogP contribution in [0.3, 0.4) is 0 Å². The first-order chi connectivity index (χ1) is 8.88. The molecule has 0 aliphatic heterocycles. The largest absolute Gasteiger partial charge is 0.491 e. The van der Waals surface area contributed by atoms with Crippen LogP contribution in [0.15, 0.2) is 18.2 Å². The molecule has 106 valence electrons. The zero-order chi connectivity index (χ0) is 14.5. The molecule has 0 atom stereocenters. The van der Waals surface area contributed by atoms with E-state index in [1.54, 1.807) is 13.2 Å². The number of hydrogen-bond donors (Lipinski definition) is 0. The van der Waals surface area contributed by atoms with Crippen molar-refractivity contribution in [2.45, 2.75) is 26.2 Å². The quantitative estimate of drug-likeness (QED) is 0.607. The van der Waals surface area contributed by atoms with Gasteiger partial charge in [0.05, 0.1) is 19.3 Å². The van der Waals surface area contributed by atoms with Gasteiger partial charge in [-0.2, -0.15) is 0 Å². The van der Waals surface area contributed by atoms with Crippen molar-refractivity contribution in [2.75, 3.05) is 27.4 Å². The van der Waals surface area contributed by atoms with Crippen LogP contribution in [-0.4, -0.2) is 33.4 Å². The van der Waals surface area contributed by atoms with Crippen LogP contribution in [0, 0.1) is 0 Å². The van der Waals surface area contributed by atoms with E-state index >= 15 is 0 Å². The van der Waals surface area contributed by atoms with Crippen molar-refractivity contribution in [1.82, 2.24) is 0 Å². The Bertz CT molecular complexity index is 432. The number of rotatable bonds is 5. The highest BCUT2D eigenvalue weighted by molar-refractivity contribution is 5.90. The van der Waals surface area contributed by atoms with E-state index in [9.17, 15) is 4.79 Å². The Morgan fingerprint density at radius 2 is 1.79 bits per heavy atom. The average molecular weight is 266 g/mol. The van der Waals surface area contributed by atoms with Crippen molar-refractivity contribution < 1.29 is 19.0 Å². The van der Waals surface area contributed by atoms with E-state index in [0.29, 0.717) is 24.5 Å². The predicted octanol–water partition coefficient (Wildman–Crippen LogP) is 2.80. The Morgan fingerprint density at radius 1 is 1.11 bits per heavy atom. The highest BCUT2D eigenvalue weighted by Gasteiger charge is 2.18. The first kappa shape index (κ1) is 15.5. The van der Waals surface area contributed by atoms with Crippen LogP contribution in [0.2, 0.25) is 0 Å². The maximum Gasteiger partial charge on any atom is 0.337 e. The highest BCUT2D eigenvalue weighted by atomic mass is 16.5. The normalized spacial score (nSPS) is 11.2. The van der Waals surface area contributed by atoms with Gasteiger partial charge in [0.2, 0.25) is 0 Å². The van der Waals surface area contributed by atoms with Crippen molar-refractivity contribution in [3.63, 3.8) is 0 Å². The third kappa shape index (κ3) is 4.56. The van der Waals surface area contributed by atoms with Crippen LogP contribution in [0.25, 0.3) is 0 Å². The second-order valence-corrected chi connectivity index (χ2v) is 5.33. The van der Waals surface area contributed by atoms with Gasteiger partial charge in [-0.3, -0.25) is 0 Å². The van der Waals surface area contributed by atoms with Gasteiger partial charge in [0.1, 0.15) is 12.4 Å². The number of methoxy groups -OCH3 is 2. The number of ether oxygens (including phenoxy) is 3. The Morgan fingerprint density at radius 3 is 2.32 bits per heavy atom. The van der Waals surface area contributed by atoms with Crippen LogP contribution in [-0.2, 0) is 14.9 Å². The molecule has 0 spiro atoms. The van der Waals surface area contributed by atoms with Crippen LogP contribution in [0.4, 0.5) is 0 Å². The summed E-state index contributed by atoms with van der Waals surface area (Å²) in [7, 11) is 2.99. The summed E-state index contributed by atoms with van der Waals surface area (Å²) in [5.74, 6) is 0.299. The third-order valence-electron chi connectivity index (χ3n) is 2.75. The van der Waals surface area contributed by atoms with E-state index in [4.69, 9.17) is 14.2 Å². The van der Waals surface area contributed by atoms with Gasteiger partial charge in [-0.05, 0) is 29.2 Å². The number of hydrogen-bond acceptors (Lipinski definition) is 4. The van der Waals surface area contributed by atoms with Gasteiger partial charge in [0, 0.05) is 7.11 Å². The van der Waals surface area contributed by atoms with Gasteiger partial charge < -0.3 is 14.2 Å². The first-order valence-corrected chi connectivity index (χ1v) is 6.24. The molecular weight excluding hydrogens is 244 g/mol. The van der Waals surface area contributed by atoms with Crippen molar-refractivity contribution in [1.29, 1.82) is 0 Å². The van der Waals surface area contributed by atoms with E-state index in [1.165, 1.54) is 7.11 Å². The lowest BCUT2D eigenvalue weighted by molar-refractivity contribution is 0.0600. The number of carbonyl (C=O) groups excluding carboxylic acids is 1. The van der Waals surface area contributed by atoms with Gasteiger partial charge in [-0.15, -0.1) is 0 Å². The lowest BCUT2D eigenvalue weighted by Crippen LogP contribution is -2.14. The van der Waals surface area contributed by atoms with Crippen molar-refractivity contribution in [3.05, 3.63) is 29.3 Å². The van der Waals surface area contributed by atoms with E-state index in [-0.39, 0.29) is 11.4 Å². The smallest absolute Gasteiger partial charge is 0.337 e. The fourth-order valence-corrected chi connectivity index (χ4v) is 1.59. The molecule has 0 N–H and O–H groups in total. The van der Waals surface area contributed by atoms with Gasteiger partial charge in [0.25, 0.3) is 0 Å². The standard InChI is InChI=1S/C15H22O4/c1-15(2,3)12-8-11(14(16)18-5)9-13(10-12)19-7-6-17-4/h8-10H,6-7H2,1-5H3. The molecule has 19 heavy (non-hydrogen) atoms. The zero-order valence-corrected chi connectivity index (χ0v) is 12.3. The summed E-state index contributed by atoms with van der Waals surface area (Å²) in [5, 5.41) is 0. The molecule has 0 unspecified atom stereocenters. The molecule has 0 bridgehead atoms. The first-order valence-electron chi connectivity index (χ1n) is 6.24. The minimum absolute atomic E-state index is 0.0661. The van der Waals surface area contributed by atoms with Crippen molar-refractivity contribution in [3.8, 4) is 5.75 Å². The van der Waals surface area contributed by atoms with Crippen LogP contribution in [0.5, 0.6) is 5.75 Å². The minimum atomic E-state index is -0.359. The molecule has 0 saturated heterocycles. The number of carbonyl (C=O) groups is 1. The lowest BCUT2D eigenvalue weighted by atomic mass is 9.86. The summed E-state index contributed by atoms with van der Waals surface area (Å²) >= 11 is 0. The number of benzene rings is 1. The monoisotopic (exact) mass is 266 g/mol. The van der Waals surface area contributed by atoms with Gasteiger partial charge in [-0.25, -0.2) is 4.79 Å². The van der Waals surface area contributed by atoms with Crippen molar-refractivity contribution >= 4 is 5.97 Å². The molecule has 0 saturated carbocycles. The Kier molecular flexibility index (Phi) is 5.36. The second kappa shape index (κ2) is 6.57. The number of esters is 1. The Hall–Kier alpha value is -1.55. The van der Waals surface area contributed by atoms with E-state index in [1.807, 2.05) is 12.1 Å². The third-order valence-corrected chi connectivity index (χ3v) is 2.75. The molecule has 0 aliphatic rings. The molecule has 4 heteroatoms. The molecule has 0 aromatic heterocycles. The summed E-state index contributed by atoms with van der Waals surface area (Å²) in [6.45, 7) is 7.21. The molecule has 1 rings (SSSR count). The Balaban J connectivity index is 3.06. The van der Waals surface area contributed by atoms with Gasteiger partial charge in [0.15, 0.2) is 0 Å². The van der Waals surface area contributed by atoms with E-state index in [0.717, 1.165) is 5.56 Å². The summed E-state index contributed by atoms with van der Waals surface area (Å²) in [6.07, 6.45) is 0. The fourth-order valence-electron chi connectivity index (χ4n) is 1.59. The highest BCUT2D eigenvalue weighted by Crippen LogP contribution is 2.28. The minimum Gasteiger partial charge on any atom is -0.491 e. The summed E-state index contributed by atoms with van der Waals surface area (Å²) in [6, 6.07) is 5.48. The lowest BCUT2D eigenvalue weighted by Gasteiger charge is -2.21. The predicted molar refractivity (Wildman–Crippen MR) is 73.9 cm³/mol. The maximum absolute atomic E-state index is 11.7. The maximum atomic E-state index is 11.7. The molecular formula is C15H22O4. The topological polar surface area (TPSA) is 44.8 Å². The van der Waals surface area contributed by atoms with Crippen molar-refractivity contribution in [2.24, 2.45) is 0 Å². The van der Waals surface area contributed by atoms with Crippen LogP contribution in [0.1, 0.15) is 36.7 Å². The van der Waals surface area contributed by atoms with Gasteiger partial charge in [-0.1, -0.05) is 20.8 Å². The second-order valence-electron chi connectivity index (χ2n) is 5.33. The zero-order valence-electron chi connectivity index (χ0n) is 12.3. The summed E-state index contributed by atoms with van der Waals surface area (Å²) in [5.41, 5.74) is 1.47. The molecule has 0 radical (unpaired) electrons. The molecule has 4 nitrogen and oxygen atoms in total. The molecule has 0 aliphatic carbocycles. The molecule has 1 aromatic carbocycles. The Labute approximate surface area is 114 Å². The molecule has 0 heterocycles. The molecule has 0 fully saturated rings. The summed E-state index contributed by atoms with van der Waals surface area (Å²) in [4.78, 5) is 11.7. The SMILES string of the molecule is COCCOc1cc(C(=O)OC)cc(C(C)(C)C)c1. The van der Waals surface area contributed by atoms with Gasteiger partial charge >= 0.3 is 5.97 Å². The van der Waals surface area contributed by atoms with Crippen LogP contribution >= 0.6 is 0 Å². The summed E-state index contributed by atoms with van der Waals surface area (Å²) < 4.78 is 15.3. The van der Waals surface area contributed by atoms with Crippen LogP contribution < -0.4 is 4.74 Å². The molecule has 0 amide bonds.